The number of carbonyl (C=O) groups is 2. The molecule has 0 radical (unpaired) electrons. The average Bonchev–Trinajstić information content (AvgIpc) is 2.84. The van der Waals surface area contributed by atoms with Crippen molar-refractivity contribution in [2.24, 2.45) is 0 Å². The van der Waals surface area contributed by atoms with Crippen molar-refractivity contribution in [3.8, 4) is 5.75 Å². The Morgan fingerprint density at radius 3 is 2.95 bits per heavy atom. The molecule has 2 amide bonds. The van der Waals surface area contributed by atoms with Gasteiger partial charge in [-0.1, -0.05) is 0 Å². The molecule has 1 aliphatic heterocycles. The van der Waals surface area contributed by atoms with Gasteiger partial charge >= 0.3 is 6.09 Å². The van der Waals surface area contributed by atoms with Crippen LogP contribution in [0.15, 0.2) is 18.2 Å². The molecule has 0 saturated carbocycles. The van der Waals surface area contributed by atoms with Gasteiger partial charge in [0.05, 0.1) is 25.0 Å². The van der Waals surface area contributed by atoms with Gasteiger partial charge in [0.15, 0.2) is 0 Å². The minimum Gasteiger partial charge on any atom is -0.497 e. The van der Waals surface area contributed by atoms with Crippen LogP contribution in [-0.2, 0) is 9.53 Å². The lowest BCUT2D eigenvalue weighted by atomic mass is 10.2. The van der Waals surface area contributed by atoms with Crippen LogP contribution in [-0.4, -0.2) is 43.7 Å². The average molecular weight is 279 g/mol. The van der Waals surface area contributed by atoms with Gasteiger partial charge in [0.25, 0.3) is 0 Å². The van der Waals surface area contributed by atoms with Crippen molar-refractivity contribution in [3.05, 3.63) is 18.2 Å². The molecular formula is C13H17N3O4. The van der Waals surface area contributed by atoms with Crippen molar-refractivity contribution < 1.29 is 19.1 Å². The zero-order valence-corrected chi connectivity index (χ0v) is 11.2. The van der Waals surface area contributed by atoms with Gasteiger partial charge in [-0.25, -0.2) is 4.79 Å². The minimum atomic E-state index is -0.373. The highest BCUT2D eigenvalue weighted by molar-refractivity contribution is 5.94. The molecule has 2 rings (SSSR count). The second-order valence-electron chi connectivity index (χ2n) is 4.35. The van der Waals surface area contributed by atoms with Gasteiger partial charge in [0.1, 0.15) is 12.4 Å². The summed E-state index contributed by atoms with van der Waals surface area (Å²) in [6.07, 6.45) is -0.178. The van der Waals surface area contributed by atoms with E-state index in [0.717, 1.165) is 0 Å². The van der Waals surface area contributed by atoms with Gasteiger partial charge in [-0.3, -0.25) is 4.79 Å². The molecule has 7 nitrogen and oxygen atoms in total. The topological polar surface area (TPSA) is 93.9 Å². The second-order valence-corrected chi connectivity index (χ2v) is 4.35. The van der Waals surface area contributed by atoms with E-state index in [2.05, 4.69) is 5.32 Å². The van der Waals surface area contributed by atoms with Crippen molar-refractivity contribution in [2.45, 2.75) is 6.42 Å². The number of anilines is 2. The number of nitrogens with two attached hydrogens (primary N) is 1. The third kappa shape index (κ3) is 3.31. The van der Waals surface area contributed by atoms with Crippen LogP contribution in [0.5, 0.6) is 5.75 Å². The fourth-order valence-electron chi connectivity index (χ4n) is 1.86. The standard InChI is InChI=1S/C13H17N3O4/c1-19-9-2-3-11(10(14)8-9)15-12(17)4-5-16-6-7-20-13(16)18/h2-3,8H,4-7,14H2,1H3,(H,15,17). The van der Waals surface area contributed by atoms with Crippen molar-refractivity contribution in [2.75, 3.05) is 37.9 Å². The van der Waals surface area contributed by atoms with Gasteiger partial charge < -0.3 is 25.4 Å². The van der Waals surface area contributed by atoms with E-state index < -0.39 is 0 Å². The molecule has 0 aliphatic carbocycles. The third-order valence-corrected chi connectivity index (χ3v) is 2.99. The number of ether oxygens (including phenoxy) is 2. The predicted octanol–water partition coefficient (Wildman–Crippen LogP) is 1.06. The van der Waals surface area contributed by atoms with Gasteiger partial charge in [-0.05, 0) is 12.1 Å². The Labute approximate surface area is 116 Å². The Hall–Kier alpha value is -2.44. The number of amides is 2. The van der Waals surface area contributed by atoms with E-state index in [4.69, 9.17) is 15.2 Å². The first kappa shape index (κ1) is 14.0. The number of hydrogen-bond acceptors (Lipinski definition) is 5. The molecule has 1 aromatic carbocycles. The van der Waals surface area contributed by atoms with Gasteiger partial charge in [-0.15, -0.1) is 0 Å². The number of methoxy groups -OCH3 is 1. The number of hydrogen-bond donors (Lipinski definition) is 2. The van der Waals surface area contributed by atoms with Crippen molar-refractivity contribution in [1.29, 1.82) is 0 Å². The molecular weight excluding hydrogens is 262 g/mol. The molecule has 0 bridgehead atoms. The summed E-state index contributed by atoms with van der Waals surface area (Å²) >= 11 is 0. The lowest BCUT2D eigenvalue weighted by molar-refractivity contribution is -0.116. The maximum Gasteiger partial charge on any atom is 0.409 e. The number of rotatable bonds is 5. The number of benzene rings is 1. The Morgan fingerprint density at radius 2 is 2.35 bits per heavy atom. The molecule has 0 unspecified atom stereocenters. The largest absolute Gasteiger partial charge is 0.497 e. The van der Waals surface area contributed by atoms with Gasteiger partial charge in [-0.2, -0.15) is 0 Å². The highest BCUT2D eigenvalue weighted by atomic mass is 16.6. The molecule has 1 aromatic rings. The van der Waals surface area contributed by atoms with Crippen LogP contribution in [0.1, 0.15) is 6.42 Å². The maximum absolute atomic E-state index is 11.8. The Balaban J connectivity index is 1.86. The summed E-state index contributed by atoms with van der Waals surface area (Å²) in [6.45, 7) is 1.24. The first-order chi connectivity index (χ1) is 9.60. The zero-order chi connectivity index (χ0) is 14.5. The molecule has 3 N–H and O–H groups in total. The third-order valence-electron chi connectivity index (χ3n) is 2.99. The summed E-state index contributed by atoms with van der Waals surface area (Å²) in [5, 5.41) is 2.70. The summed E-state index contributed by atoms with van der Waals surface area (Å²) in [5.74, 6) is 0.418. The number of carbonyl (C=O) groups excluding carboxylic acids is 2. The Bertz CT molecular complexity index is 518. The summed E-state index contributed by atoms with van der Waals surface area (Å²) in [4.78, 5) is 24.5. The molecule has 1 heterocycles. The first-order valence-corrected chi connectivity index (χ1v) is 6.25. The van der Waals surface area contributed by atoms with Crippen LogP contribution in [0.3, 0.4) is 0 Å². The van der Waals surface area contributed by atoms with Gasteiger partial charge in [0, 0.05) is 19.0 Å². The minimum absolute atomic E-state index is 0.195. The zero-order valence-electron chi connectivity index (χ0n) is 11.2. The number of nitrogens with zero attached hydrogens (tertiary/aromatic N) is 1. The highest BCUT2D eigenvalue weighted by Crippen LogP contribution is 2.24. The molecule has 1 fully saturated rings. The van der Waals surface area contributed by atoms with E-state index >= 15 is 0 Å². The molecule has 108 valence electrons. The molecule has 1 saturated heterocycles. The van der Waals surface area contributed by atoms with Crippen LogP contribution < -0.4 is 15.8 Å². The molecule has 20 heavy (non-hydrogen) atoms. The van der Waals surface area contributed by atoms with Crippen LogP contribution in [0, 0.1) is 0 Å². The Kier molecular flexibility index (Phi) is 4.29. The van der Waals surface area contributed by atoms with Gasteiger partial charge in [0.2, 0.25) is 5.91 Å². The maximum atomic E-state index is 11.8. The summed E-state index contributed by atoms with van der Waals surface area (Å²) < 4.78 is 9.81. The van der Waals surface area contributed by atoms with Crippen molar-refractivity contribution in [1.82, 2.24) is 4.90 Å². The fraction of sp³-hybridized carbons (Fsp3) is 0.385. The monoisotopic (exact) mass is 279 g/mol. The second kappa shape index (κ2) is 6.14. The van der Waals surface area contributed by atoms with Crippen molar-refractivity contribution in [3.63, 3.8) is 0 Å². The number of cyclic esters (lactones) is 1. The summed E-state index contributed by atoms with van der Waals surface area (Å²) in [6, 6.07) is 5.02. The van der Waals surface area contributed by atoms with E-state index in [0.29, 0.717) is 36.8 Å². The molecule has 0 aromatic heterocycles. The number of nitrogen functional groups attached to an aromatic ring is 1. The van der Waals surface area contributed by atoms with E-state index in [1.807, 2.05) is 0 Å². The quantitative estimate of drug-likeness (QED) is 0.786. The van der Waals surface area contributed by atoms with E-state index in [1.54, 1.807) is 25.3 Å². The fourth-order valence-corrected chi connectivity index (χ4v) is 1.86. The summed E-state index contributed by atoms with van der Waals surface area (Å²) in [5.41, 5.74) is 6.76. The molecule has 0 atom stereocenters. The lowest BCUT2D eigenvalue weighted by Gasteiger charge is -2.13. The van der Waals surface area contributed by atoms with Crippen LogP contribution >= 0.6 is 0 Å². The number of nitrogens with one attached hydrogen (secondary N) is 1. The van der Waals surface area contributed by atoms with E-state index in [9.17, 15) is 9.59 Å². The smallest absolute Gasteiger partial charge is 0.409 e. The van der Waals surface area contributed by atoms with Crippen LogP contribution in [0.25, 0.3) is 0 Å². The molecule has 7 heteroatoms. The molecule has 0 spiro atoms. The normalized spacial score (nSPS) is 14.1. The highest BCUT2D eigenvalue weighted by Gasteiger charge is 2.22. The lowest BCUT2D eigenvalue weighted by Crippen LogP contribution is -2.28. The first-order valence-electron chi connectivity index (χ1n) is 6.25. The SMILES string of the molecule is COc1ccc(NC(=O)CCN2CCOC2=O)c(N)c1. The van der Waals surface area contributed by atoms with E-state index in [1.165, 1.54) is 4.90 Å². The predicted molar refractivity (Wildman–Crippen MR) is 73.6 cm³/mol. The Morgan fingerprint density at radius 1 is 1.55 bits per heavy atom. The molecule has 1 aliphatic rings. The van der Waals surface area contributed by atoms with E-state index in [-0.39, 0.29) is 18.4 Å². The van der Waals surface area contributed by atoms with Crippen LogP contribution in [0.2, 0.25) is 0 Å². The summed E-state index contributed by atoms with van der Waals surface area (Å²) in [7, 11) is 1.54. The van der Waals surface area contributed by atoms with Crippen molar-refractivity contribution >= 4 is 23.4 Å². The van der Waals surface area contributed by atoms with Crippen LogP contribution in [0.4, 0.5) is 16.2 Å².